The van der Waals surface area contributed by atoms with Crippen molar-refractivity contribution in [2.45, 2.75) is 17.1 Å². The zero-order valence-corrected chi connectivity index (χ0v) is 15.4. The van der Waals surface area contributed by atoms with Gasteiger partial charge in [0.2, 0.25) is 5.95 Å². The van der Waals surface area contributed by atoms with Crippen molar-refractivity contribution in [1.82, 2.24) is 9.97 Å². The van der Waals surface area contributed by atoms with Crippen molar-refractivity contribution in [3.63, 3.8) is 0 Å². The Bertz CT molecular complexity index is 997. The normalized spacial score (nSPS) is 11.2. The molecule has 0 atom stereocenters. The number of carbonyl (C=O) groups excluding carboxylic acids is 1. The molecule has 0 bridgehead atoms. The van der Waals surface area contributed by atoms with Crippen LogP contribution in [0.2, 0.25) is 0 Å². The maximum Gasteiger partial charge on any atom is 0.573 e. The van der Waals surface area contributed by atoms with Gasteiger partial charge >= 0.3 is 6.36 Å². The molecule has 0 unspecified atom stereocenters. The Hall–Kier alpha value is -3.14. The fourth-order valence-electron chi connectivity index (χ4n) is 2.30. The molecular formula is C19H13F4N3O2S. The second-order valence-electron chi connectivity index (χ2n) is 5.66. The molecule has 0 aliphatic carbocycles. The van der Waals surface area contributed by atoms with Gasteiger partial charge < -0.3 is 10.1 Å². The highest BCUT2D eigenvalue weighted by molar-refractivity contribution is 7.98. The van der Waals surface area contributed by atoms with Crippen LogP contribution in [0.1, 0.15) is 15.9 Å². The number of hydrogen-bond donors (Lipinski definition) is 1. The number of carbonyl (C=O) groups is 1. The van der Waals surface area contributed by atoms with Crippen LogP contribution in [0.5, 0.6) is 5.75 Å². The highest BCUT2D eigenvalue weighted by Crippen LogP contribution is 2.26. The second kappa shape index (κ2) is 8.91. The first-order valence-electron chi connectivity index (χ1n) is 8.15. The molecule has 1 N–H and O–H groups in total. The summed E-state index contributed by atoms with van der Waals surface area (Å²) in [6.07, 6.45) is -1.91. The van der Waals surface area contributed by atoms with Crippen molar-refractivity contribution in [1.29, 1.82) is 0 Å². The molecule has 1 aromatic carbocycles. The van der Waals surface area contributed by atoms with Crippen molar-refractivity contribution < 1.29 is 27.1 Å². The average Bonchev–Trinajstić information content (AvgIpc) is 2.67. The molecular weight excluding hydrogens is 410 g/mol. The highest BCUT2D eigenvalue weighted by atomic mass is 32.2. The number of hydrogen-bond acceptors (Lipinski definition) is 5. The highest BCUT2D eigenvalue weighted by Gasteiger charge is 2.31. The lowest BCUT2D eigenvalue weighted by Crippen LogP contribution is -2.17. The third-order valence-electron chi connectivity index (χ3n) is 3.53. The number of benzene rings is 1. The second-order valence-corrected chi connectivity index (χ2v) is 6.62. The van der Waals surface area contributed by atoms with E-state index in [1.165, 1.54) is 42.4 Å². The molecule has 0 spiro atoms. The van der Waals surface area contributed by atoms with E-state index in [4.69, 9.17) is 0 Å². The minimum Gasteiger partial charge on any atom is -0.406 e. The number of aromatic nitrogens is 2. The number of ether oxygens (including phenoxy) is 1. The number of rotatable bonds is 6. The van der Waals surface area contributed by atoms with Crippen molar-refractivity contribution in [2.75, 3.05) is 5.32 Å². The van der Waals surface area contributed by atoms with E-state index in [9.17, 15) is 22.4 Å². The first-order chi connectivity index (χ1) is 13.8. The van der Waals surface area contributed by atoms with Crippen molar-refractivity contribution in [3.8, 4) is 5.75 Å². The van der Waals surface area contributed by atoms with Crippen LogP contribution in [0.15, 0.2) is 66.0 Å². The fraction of sp³-hybridized carbons (Fsp3) is 0.105. The standard InChI is InChI=1S/C19H13F4N3O2S/c20-16-10-12(7-9-24-16)11-29-18-15(2-1-8-25-18)17(27)26-13-3-5-14(6-4-13)28-19(21,22)23/h1-10H,11H2,(H,26,27). The number of amides is 1. The average molecular weight is 423 g/mol. The van der Waals surface area contributed by atoms with Gasteiger partial charge in [0.25, 0.3) is 5.91 Å². The quantitative estimate of drug-likeness (QED) is 0.341. The lowest BCUT2D eigenvalue weighted by Gasteiger charge is -2.11. The Morgan fingerprint density at radius 1 is 1.07 bits per heavy atom. The molecule has 3 aromatic rings. The van der Waals surface area contributed by atoms with Gasteiger partial charge in [0.15, 0.2) is 0 Å². The Morgan fingerprint density at radius 3 is 2.52 bits per heavy atom. The molecule has 1 amide bonds. The maximum atomic E-state index is 13.2. The minimum atomic E-state index is -4.79. The molecule has 2 heterocycles. The summed E-state index contributed by atoms with van der Waals surface area (Å²) in [5.74, 6) is -1.09. The number of anilines is 1. The zero-order valence-electron chi connectivity index (χ0n) is 14.6. The summed E-state index contributed by atoms with van der Waals surface area (Å²) in [6.45, 7) is 0. The molecule has 150 valence electrons. The smallest absolute Gasteiger partial charge is 0.406 e. The Labute approximate surface area is 167 Å². The van der Waals surface area contributed by atoms with Crippen molar-refractivity contribution in [3.05, 3.63) is 78.0 Å². The predicted octanol–water partition coefficient (Wildman–Crippen LogP) is 5.06. The molecule has 0 radical (unpaired) electrons. The lowest BCUT2D eigenvalue weighted by molar-refractivity contribution is -0.274. The first kappa shape index (κ1) is 20.6. The molecule has 5 nitrogen and oxygen atoms in total. The Kier molecular flexibility index (Phi) is 6.32. The number of thioether (sulfide) groups is 1. The van der Waals surface area contributed by atoms with Gasteiger partial charge in [-0.1, -0.05) is 0 Å². The molecule has 2 aromatic heterocycles. The summed E-state index contributed by atoms with van der Waals surface area (Å²) in [7, 11) is 0. The first-order valence-corrected chi connectivity index (χ1v) is 9.14. The van der Waals surface area contributed by atoms with Crippen LogP contribution in [-0.4, -0.2) is 22.2 Å². The summed E-state index contributed by atoms with van der Waals surface area (Å²) in [6, 6.07) is 10.9. The van der Waals surface area contributed by atoms with E-state index in [2.05, 4.69) is 20.0 Å². The largest absolute Gasteiger partial charge is 0.573 e. The predicted molar refractivity (Wildman–Crippen MR) is 99.1 cm³/mol. The third-order valence-corrected chi connectivity index (χ3v) is 4.60. The zero-order chi connectivity index (χ0) is 20.9. The Balaban J connectivity index is 1.68. The monoisotopic (exact) mass is 423 g/mol. The number of alkyl halides is 3. The van der Waals surface area contributed by atoms with Gasteiger partial charge in [0, 0.05) is 23.8 Å². The number of halogens is 4. The van der Waals surface area contributed by atoms with Gasteiger partial charge in [0.05, 0.1) is 5.56 Å². The van der Waals surface area contributed by atoms with Gasteiger partial charge in [-0.25, -0.2) is 9.97 Å². The summed E-state index contributed by atoms with van der Waals surface area (Å²) < 4.78 is 53.6. The van der Waals surface area contributed by atoms with Crippen LogP contribution in [0.3, 0.4) is 0 Å². The SMILES string of the molecule is O=C(Nc1ccc(OC(F)(F)F)cc1)c1cccnc1SCc1ccnc(F)c1. The van der Waals surface area contributed by atoms with Crippen LogP contribution in [0.25, 0.3) is 0 Å². The van der Waals surface area contributed by atoms with Crippen LogP contribution >= 0.6 is 11.8 Å². The molecule has 0 fully saturated rings. The van der Waals surface area contributed by atoms with Crippen molar-refractivity contribution >= 4 is 23.4 Å². The van der Waals surface area contributed by atoms with Gasteiger partial charge in [-0.3, -0.25) is 4.79 Å². The van der Waals surface area contributed by atoms with Gasteiger partial charge in [0.1, 0.15) is 10.8 Å². The van der Waals surface area contributed by atoms with E-state index in [1.54, 1.807) is 18.2 Å². The molecule has 29 heavy (non-hydrogen) atoms. The summed E-state index contributed by atoms with van der Waals surface area (Å²) >= 11 is 1.25. The van der Waals surface area contributed by atoms with Crippen LogP contribution in [0.4, 0.5) is 23.2 Å². The number of nitrogens with one attached hydrogen (secondary N) is 1. The van der Waals surface area contributed by atoms with E-state index in [1.807, 2.05) is 0 Å². The lowest BCUT2D eigenvalue weighted by atomic mass is 10.2. The molecule has 0 saturated heterocycles. The molecule has 3 rings (SSSR count). The Morgan fingerprint density at radius 2 is 1.83 bits per heavy atom. The molecule has 10 heteroatoms. The van der Waals surface area contributed by atoms with Gasteiger partial charge in [-0.2, -0.15) is 4.39 Å². The fourth-order valence-corrected chi connectivity index (χ4v) is 3.24. The van der Waals surface area contributed by atoms with Crippen LogP contribution < -0.4 is 10.1 Å². The van der Waals surface area contributed by atoms with Crippen LogP contribution in [-0.2, 0) is 5.75 Å². The summed E-state index contributed by atoms with van der Waals surface area (Å²) in [4.78, 5) is 20.2. The van der Waals surface area contributed by atoms with E-state index in [0.29, 0.717) is 22.0 Å². The molecule has 0 saturated carbocycles. The van der Waals surface area contributed by atoms with E-state index in [-0.39, 0.29) is 5.56 Å². The summed E-state index contributed by atoms with van der Waals surface area (Å²) in [5, 5.41) is 3.03. The van der Waals surface area contributed by atoms with Gasteiger partial charge in [-0.05, 0) is 54.1 Å². The number of pyridine rings is 2. The molecule has 0 aliphatic rings. The van der Waals surface area contributed by atoms with E-state index < -0.39 is 24.0 Å². The summed E-state index contributed by atoms with van der Waals surface area (Å²) in [5.41, 5.74) is 1.25. The third kappa shape index (κ3) is 6.18. The van der Waals surface area contributed by atoms with E-state index >= 15 is 0 Å². The maximum absolute atomic E-state index is 13.2. The van der Waals surface area contributed by atoms with Gasteiger partial charge in [-0.15, -0.1) is 24.9 Å². The molecule has 0 aliphatic heterocycles. The minimum absolute atomic E-state index is 0.280. The topological polar surface area (TPSA) is 64.1 Å². The number of nitrogens with zero attached hydrogens (tertiary/aromatic N) is 2. The van der Waals surface area contributed by atoms with Crippen LogP contribution in [0, 0.1) is 5.95 Å². The van der Waals surface area contributed by atoms with Crippen molar-refractivity contribution in [2.24, 2.45) is 0 Å². The van der Waals surface area contributed by atoms with E-state index in [0.717, 1.165) is 12.1 Å².